The van der Waals surface area contributed by atoms with Gasteiger partial charge < -0.3 is 20.8 Å². The highest BCUT2D eigenvalue weighted by Gasteiger charge is 2.22. The second-order valence-electron chi connectivity index (χ2n) is 9.71. The Morgan fingerprint density at radius 3 is 2.10 bits per heavy atom. The number of aryl methyl sites for hydroxylation is 1. The van der Waals surface area contributed by atoms with Gasteiger partial charge in [-0.15, -0.1) is 5.11 Å². The van der Waals surface area contributed by atoms with Crippen LogP contribution in [0.1, 0.15) is 60.9 Å². The number of aromatic hydroxyl groups is 1. The van der Waals surface area contributed by atoms with Gasteiger partial charge in [0.15, 0.2) is 0 Å². The van der Waals surface area contributed by atoms with Gasteiger partial charge in [0.1, 0.15) is 11.4 Å². The van der Waals surface area contributed by atoms with Crippen molar-refractivity contribution in [1.82, 2.24) is 15.5 Å². The van der Waals surface area contributed by atoms with Gasteiger partial charge in [-0.3, -0.25) is 24.1 Å². The largest absolute Gasteiger partial charge is 0.508 e. The van der Waals surface area contributed by atoms with Crippen molar-refractivity contribution >= 4 is 41.0 Å². The number of carbonyl (C=O) groups is 5. The molecule has 1 heterocycles. The second-order valence-corrected chi connectivity index (χ2v) is 9.71. The molecule has 42 heavy (non-hydrogen) atoms. The van der Waals surface area contributed by atoms with Crippen molar-refractivity contribution in [3.05, 3.63) is 65.7 Å². The van der Waals surface area contributed by atoms with Crippen LogP contribution in [0.25, 0.3) is 0 Å². The summed E-state index contributed by atoms with van der Waals surface area (Å²) in [5, 5.41) is 33.2. The van der Waals surface area contributed by atoms with Gasteiger partial charge in [0.05, 0.1) is 11.3 Å². The lowest BCUT2D eigenvalue weighted by molar-refractivity contribution is -0.137. The van der Waals surface area contributed by atoms with Crippen molar-refractivity contribution in [3.8, 4) is 5.75 Å². The van der Waals surface area contributed by atoms with Crippen LogP contribution in [0.4, 0.5) is 11.4 Å². The molecule has 0 unspecified atom stereocenters. The fourth-order valence-corrected chi connectivity index (χ4v) is 4.22. The standard InChI is InChI=1S/C30H35N5O7/c36-25-13-12-22(33-34-24-9-4-3-8-23(24)30(41)42)20-21(25)11-14-27(38)32-18-6-2-1-5-17-31-26(37)10-7-19-35-28(39)15-16-29(35)40/h3-4,8-9,12-13,15-16,20,36H,1-2,5-7,10-11,14,17-19H2,(H,31,37)(H,32,38)(H,41,42). The number of carboxylic acids is 1. The molecule has 3 rings (SSSR count). The first-order valence-corrected chi connectivity index (χ1v) is 13.9. The van der Waals surface area contributed by atoms with Gasteiger partial charge in [0.2, 0.25) is 11.8 Å². The van der Waals surface area contributed by atoms with E-state index in [1.807, 2.05) is 0 Å². The van der Waals surface area contributed by atoms with E-state index in [1.54, 1.807) is 30.3 Å². The summed E-state index contributed by atoms with van der Waals surface area (Å²) >= 11 is 0. The minimum Gasteiger partial charge on any atom is -0.508 e. The van der Waals surface area contributed by atoms with E-state index in [4.69, 9.17) is 0 Å². The quantitative estimate of drug-likeness (QED) is 0.125. The summed E-state index contributed by atoms with van der Waals surface area (Å²) in [6, 6.07) is 10.9. The average Bonchev–Trinajstić information content (AvgIpc) is 3.29. The number of azo groups is 1. The molecule has 0 bridgehead atoms. The van der Waals surface area contributed by atoms with Crippen LogP contribution in [0.15, 0.2) is 64.8 Å². The Bertz CT molecular complexity index is 1340. The Morgan fingerprint density at radius 1 is 0.786 bits per heavy atom. The molecule has 1 aliphatic heterocycles. The van der Waals surface area contributed by atoms with E-state index in [0.29, 0.717) is 37.2 Å². The van der Waals surface area contributed by atoms with Crippen molar-refractivity contribution in [2.24, 2.45) is 10.2 Å². The van der Waals surface area contributed by atoms with Crippen LogP contribution in [0, 0.1) is 0 Å². The summed E-state index contributed by atoms with van der Waals surface area (Å²) in [7, 11) is 0. The maximum Gasteiger partial charge on any atom is 0.337 e. The highest BCUT2D eigenvalue weighted by Crippen LogP contribution is 2.27. The van der Waals surface area contributed by atoms with Gasteiger partial charge in [-0.25, -0.2) is 4.79 Å². The number of phenolic OH excluding ortho intramolecular Hbond substituents is 1. The lowest BCUT2D eigenvalue weighted by Gasteiger charge is -2.13. The number of unbranched alkanes of at least 4 members (excludes halogenated alkanes) is 3. The number of amides is 4. The number of benzene rings is 2. The minimum absolute atomic E-state index is 0.0292. The summed E-state index contributed by atoms with van der Waals surface area (Å²) in [4.78, 5) is 59.6. The molecule has 0 saturated carbocycles. The topological polar surface area (TPSA) is 178 Å². The van der Waals surface area contributed by atoms with Crippen molar-refractivity contribution in [2.75, 3.05) is 19.6 Å². The zero-order valence-electron chi connectivity index (χ0n) is 23.3. The Hall–Kier alpha value is -4.87. The zero-order chi connectivity index (χ0) is 30.3. The first kappa shape index (κ1) is 31.7. The summed E-state index contributed by atoms with van der Waals surface area (Å²) < 4.78 is 0. The van der Waals surface area contributed by atoms with Crippen molar-refractivity contribution in [1.29, 1.82) is 0 Å². The average molecular weight is 578 g/mol. The first-order chi connectivity index (χ1) is 20.2. The molecule has 0 aromatic heterocycles. The second kappa shape index (κ2) is 16.4. The molecule has 12 heteroatoms. The number of rotatable bonds is 17. The van der Waals surface area contributed by atoms with Crippen molar-refractivity contribution in [2.45, 2.75) is 51.4 Å². The highest BCUT2D eigenvalue weighted by atomic mass is 16.4. The maximum absolute atomic E-state index is 12.3. The fraction of sp³-hybridized carbons (Fsp3) is 0.367. The molecular weight excluding hydrogens is 542 g/mol. The van der Waals surface area contributed by atoms with Crippen LogP contribution < -0.4 is 10.6 Å². The fourth-order valence-electron chi connectivity index (χ4n) is 4.22. The molecule has 222 valence electrons. The molecule has 2 aromatic carbocycles. The van der Waals surface area contributed by atoms with E-state index < -0.39 is 5.97 Å². The van der Waals surface area contributed by atoms with Crippen LogP contribution in [0.3, 0.4) is 0 Å². The summed E-state index contributed by atoms with van der Waals surface area (Å²) in [5.74, 6) is -2.01. The van der Waals surface area contributed by atoms with Gasteiger partial charge in [-0.2, -0.15) is 5.11 Å². The highest BCUT2D eigenvalue weighted by molar-refractivity contribution is 6.12. The van der Waals surface area contributed by atoms with E-state index in [2.05, 4.69) is 20.9 Å². The summed E-state index contributed by atoms with van der Waals surface area (Å²) in [5.41, 5.74) is 1.20. The smallest absolute Gasteiger partial charge is 0.337 e. The van der Waals surface area contributed by atoms with Crippen LogP contribution >= 0.6 is 0 Å². The molecule has 0 aliphatic carbocycles. The number of hydrogen-bond acceptors (Lipinski definition) is 8. The SMILES string of the molecule is O=C(CCCN1C(=O)C=CC1=O)NCCCCCCNC(=O)CCc1cc(N=Nc2ccccc2C(=O)O)ccc1O. The molecule has 0 saturated heterocycles. The van der Waals surface area contributed by atoms with Crippen LogP contribution in [-0.4, -0.2) is 64.3 Å². The number of phenols is 1. The number of nitrogens with one attached hydrogen (secondary N) is 2. The lowest BCUT2D eigenvalue weighted by Crippen LogP contribution is -2.32. The monoisotopic (exact) mass is 577 g/mol. The predicted molar refractivity (Wildman–Crippen MR) is 154 cm³/mol. The van der Waals surface area contributed by atoms with Gasteiger partial charge >= 0.3 is 5.97 Å². The number of nitrogens with zero attached hydrogens (tertiary/aromatic N) is 3. The first-order valence-electron chi connectivity index (χ1n) is 13.9. The Kier molecular flexibility index (Phi) is 12.4. The van der Waals surface area contributed by atoms with Gasteiger partial charge in [0.25, 0.3) is 11.8 Å². The van der Waals surface area contributed by atoms with E-state index in [9.17, 15) is 34.2 Å². The normalized spacial score (nSPS) is 12.7. The van der Waals surface area contributed by atoms with E-state index in [0.717, 1.165) is 30.6 Å². The predicted octanol–water partition coefficient (Wildman–Crippen LogP) is 3.94. The minimum atomic E-state index is -1.11. The Morgan fingerprint density at radius 2 is 1.43 bits per heavy atom. The number of carbonyl (C=O) groups excluding carboxylic acids is 4. The van der Waals surface area contributed by atoms with Crippen molar-refractivity contribution < 1.29 is 34.2 Å². The molecule has 12 nitrogen and oxygen atoms in total. The molecule has 0 radical (unpaired) electrons. The third-order valence-electron chi connectivity index (χ3n) is 6.53. The third kappa shape index (κ3) is 10.3. The Balaban J connectivity index is 1.26. The van der Waals surface area contributed by atoms with Gasteiger partial charge in [0, 0.05) is 44.6 Å². The molecule has 0 spiro atoms. The summed E-state index contributed by atoms with van der Waals surface area (Å²) in [6.45, 7) is 1.30. The van der Waals surface area contributed by atoms with Crippen LogP contribution in [-0.2, 0) is 25.6 Å². The number of hydrogen-bond donors (Lipinski definition) is 4. The molecule has 4 N–H and O–H groups in total. The third-order valence-corrected chi connectivity index (χ3v) is 6.53. The zero-order valence-corrected chi connectivity index (χ0v) is 23.3. The molecule has 4 amide bonds. The molecule has 1 aliphatic rings. The number of aromatic carboxylic acids is 1. The molecule has 0 fully saturated rings. The van der Waals surface area contributed by atoms with Gasteiger partial charge in [-0.1, -0.05) is 25.0 Å². The Labute approximate surface area is 243 Å². The van der Waals surface area contributed by atoms with Gasteiger partial charge in [-0.05, 0) is 61.6 Å². The molecule has 0 atom stereocenters. The van der Waals surface area contributed by atoms with E-state index >= 15 is 0 Å². The molecular formula is C30H35N5O7. The van der Waals surface area contributed by atoms with Crippen LogP contribution in [0.2, 0.25) is 0 Å². The van der Waals surface area contributed by atoms with Crippen LogP contribution in [0.5, 0.6) is 5.75 Å². The summed E-state index contributed by atoms with van der Waals surface area (Å²) in [6.07, 6.45) is 6.99. The van der Waals surface area contributed by atoms with E-state index in [1.165, 1.54) is 24.3 Å². The molecule has 2 aromatic rings. The number of carboxylic acid groups (broad SMARTS) is 1. The van der Waals surface area contributed by atoms with Crippen molar-refractivity contribution in [3.63, 3.8) is 0 Å². The van der Waals surface area contributed by atoms with E-state index in [-0.39, 0.29) is 60.0 Å². The lowest BCUT2D eigenvalue weighted by atomic mass is 10.1. The number of imide groups is 1. The maximum atomic E-state index is 12.3.